The van der Waals surface area contributed by atoms with Crippen molar-refractivity contribution in [2.24, 2.45) is 0 Å². The van der Waals surface area contributed by atoms with Gasteiger partial charge in [-0.25, -0.2) is 0 Å². The average Bonchev–Trinajstić information content (AvgIpc) is 1.88. The molecule has 1 unspecified atom stereocenters. The summed E-state index contributed by atoms with van der Waals surface area (Å²) in [5.74, 6) is 0. The summed E-state index contributed by atoms with van der Waals surface area (Å²) in [5, 5.41) is 9.47. The second-order valence-corrected chi connectivity index (χ2v) is 3.31. The van der Waals surface area contributed by atoms with Crippen molar-refractivity contribution in [2.75, 3.05) is 6.54 Å². The third kappa shape index (κ3) is 1.70. The lowest BCUT2D eigenvalue weighted by atomic mass is 10.1. The molecule has 10 heavy (non-hydrogen) atoms. The maximum atomic E-state index is 9.47. The van der Waals surface area contributed by atoms with E-state index in [-0.39, 0.29) is 6.23 Å². The lowest BCUT2D eigenvalue weighted by molar-refractivity contribution is -0.0419. The predicted molar refractivity (Wildman–Crippen MR) is 41.7 cm³/mol. The average molecular weight is 143 g/mol. The molecule has 0 aliphatic carbocycles. The fourth-order valence-electron chi connectivity index (χ4n) is 1.54. The molecule has 1 atom stereocenters. The van der Waals surface area contributed by atoms with Crippen LogP contribution in [0.5, 0.6) is 0 Å². The Morgan fingerprint density at radius 1 is 1.40 bits per heavy atom. The normalized spacial score (nSPS) is 29.4. The molecule has 0 radical (unpaired) electrons. The van der Waals surface area contributed by atoms with Crippen LogP contribution < -0.4 is 0 Å². The molecule has 1 heterocycles. The van der Waals surface area contributed by atoms with Gasteiger partial charge in [-0.3, -0.25) is 4.90 Å². The van der Waals surface area contributed by atoms with Crippen molar-refractivity contribution in [1.82, 2.24) is 4.90 Å². The molecule has 1 aliphatic rings. The maximum Gasteiger partial charge on any atom is 0.107 e. The third-order valence-corrected chi connectivity index (χ3v) is 2.17. The molecule has 2 heteroatoms. The Morgan fingerprint density at radius 2 is 2.10 bits per heavy atom. The highest BCUT2D eigenvalue weighted by Crippen LogP contribution is 2.16. The summed E-state index contributed by atoms with van der Waals surface area (Å²) in [7, 11) is 0. The van der Waals surface area contributed by atoms with E-state index in [9.17, 15) is 5.11 Å². The second-order valence-electron chi connectivity index (χ2n) is 3.31. The molecule has 2 nitrogen and oxygen atoms in total. The zero-order valence-electron chi connectivity index (χ0n) is 6.88. The highest BCUT2D eigenvalue weighted by Gasteiger charge is 2.21. The molecule has 0 amide bonds. The molecule has 1 rings (SSSR count). The van der Waals surface area contributed by atoms with E-state index in [0.717, 1.165) is 13.0 Å². The van der Waals surface area contributed by atoms with Crippen molar-refractivity contribution in [2.45, 2.75) is 45.4 Å². The van der Waals surface area contributed by atoms with Crippen molar-refractivity contribution in [3.05, 3.63) is 0 Å². The summed E-state index contributed by atoms with van der Waals surface area (Å²) in [5.41, 5.74) is 0. The third-order valence-electron chi connectivity index (χ3n) is 2.17. The molecular weight excluding hydrogens is 126 g/mol. The van der Waals surface area contributed by atoms with Crippen LogP contribution in [0.15, 0.2) is 0 Å². The molecule has 60 valence electrons. The van der Waals surface area contributed by atoms with E-state index < -0.39 is 0 Å². The van der Waals surface area contributed by atoms with E-state index in [0.29, 0.717) is 6.04 Å². The first-order chi connectivity index (χ1) is 4.72. The monoisotopic (exact) mass is 143 g/mol. The van der Waals surface area contributed by atoms with Crippen LogP contribution in [0.1, 0.15) is 33.1 Å². The lowest BCUT2D eigenvalue weighted by Gasteiger charge is -2.34. The largest absolute Gasteiger partial charge is 0.378 e. The van der Waals surface area contributed by atoms with Gasteiger partial charge in [0.25, 0.3) is 0 Å². The summed E-state index contributed by atoms with van der Waals surface area (Å²) >= 11 is 0. The van der Waals surface area contributed by atoms with Crippen LogP contribution in [0.25, 0.3) is 0 Å². The van der Waals surface area contributed by atoms with Crippen LogP contribution in [0.4, 0.5) is 0 Å². The van der Waals surface area contributed by atoms with Crippen LogP contribution in [0.2, 0.25) is 0 Å². The minimum atomic E-state index is -0.172. The van der Waals surface area contributed by atoms with Gasteiger partial charge in [-0.1, -0.05) is 0 Å². The zero-order valence-corrected chi connectivity index (χ0v) is 6.88. The van der Waals surface area contributed by atoms with Gasteiger partial charge in [0, 0.05) is 12.6 Å². The van der Waals surface area contributed by atoms with E-state index in [1.54, 1.807) is 0 Å². The number of nitrogens with zero attached hydrogens (tertiary/aromatic N) is 1. The van der Waals surface area contributed by atoms with Gasteiger partial charge >= 0.3 is 0 Å². The van der Waals surface area contributed by atoms with Crippen LogP contribution in [0.3, 0.4) is 0 Å². The lowest BCUT2D eigenvalue weighted by Crippen LogP contribution is -2.43. The minimum Gasteiger partial charge on any atom is -0.378 e. The van der Waals surface area contributed by atoms with E-state index in [2.05, 4.69) is 18.7 Å². The van der Waals surface area contributed by atoms with Crippen molar-refractivity contribution in [3.8, 4) is 0 Å². The molecule has 1 fully saturated rings. The van der Waals surface area contributed by atoms with E-state index in [4.69, 9.17) is 0 Å². The summed E-state index contributed by atoms with van der Waals surface area (Å²) in [6, 6.07) is 0.496. The molecule has 1 saturated heterocycles. The van der Waals surface area contributed by atoms with Gasteiger partial charge in [-0.2, -0.15) is 0 Å². The molecular formula is C8H17NO. The first-order valence-electron chi connectivity index (χ1n) is 4.15. The van der Waals surface area contributed by atoms with Crippen LogP contribution in [-0.2, 0) is 0 Å². The number of hydrogen-bond donors (Lipinski definition) is 1. The number of aliphatic hydroxyl groups is 1. The number of piperidine rings is 1. The number of aliphatic hydroxyl groups excluding tert-OH is 1. The minimum absolute atomic E-state index is 0.172. The molecule has 0 aromatic heterocycles. The van der Waals surface area contributed by atoms with E-state index in [1.165, 1.54) is 12.8 Å². The summed E-state index contributed by atoms with van der Waals surface area (Å²) in [4.78, 5) is 2.16. The molecule has 0 aromatic carbocycles. The SMILES string of the molecule is CC(C)N1CCCCC1O. The van der Waals surface area contributed by atoms with Gasteiger partial charge in [0.2, 0.25) is 0 Å². The van der Waals surface area contributed by atoms with E-state index in [1.807, 2.05) is 0 Å². The van der Waals surface area contributed by atoms with Gasteiger partial charge in [0.05, 0.1) is 0 Å². The van der Waals surface area contributed by atoms with Crippen molar-refractivity contribution >= 4 is 0 Å². The van der Waals surface area contributed by atoms with Gasteiger partial charge < -0.3 is 5.11 Å². The fourth-order valence-corrected chi connectivity index (χ4v) is 1.54. The maximum absolute atomic E-state index is 9.47. The highest BCUT2D eigenvalue weighted by molar-refractivity contribution is 4.71. The molecule has 0 saturated carbocycles. The number of likely N-dealkylation sites (tertiary alicyclic amines) is 1. The standard InChI is InChI=1S/C8H17NO/c1-7(2)9-6-4-3-5-8(9)10/h7-8,10H,3-6H2,1-2H3. The topological polar surface area (TPSA) is 23.5 Å². The smallest absolute Gasteiger partial charge is 0.107 e. The fraction of sp³-hybridized carbons (Fsp3) is 1.00. The zero-order chi connectivity index (χ0) is 7.56. The van der Waals surface area contributed by atoms with Gasteiger partial charge in [0.1, 0.15) is 6.23 Å². The van der Waals surface area contributed by atoms with Crippen molar-refractivity contribution < 1.29 is 5.11 Å². The summed E-state index contributed by atoms with van der Waals surface area (Å²) in [6.07, 6.45) is 3.21. The quantitative estimate of drug-likeness (QED) is 0.596. The Kier molecular flexibility index (Phi) is 2.69. The molecule has 0 spiro atoms. The second kappa shape index (κ2) is 3.35. The molecule has 0 aromatic rings. The van der Waals surface area contributed by atoms with E-state index >= 15 is 0 Å². The van der Waals surface area contributed by atoms with Gasteiger partial charge in [-0.05, 0) is 33.1 Å². The Labute approximate surface area is 62.8 Å². The summed E-state index contributed by atoms with van der Waals surface area (Å²) in [6.45, 7) is 5.34. The first-order valence-corrected chi connectivity index (χ1v) is 4.15. The molecule has 0 bridgehead atoms. The Hall–Kier alpha value is -0.0800. The Bertz CT molecular complexity index is 103. The van der Waals surface area contributed by atoms with Crippen molar-refractivity contribution in [1.29, 1.82) is 0 Å². The van der Waals surface area contributed by atoms with Gasteiger partial charge in [0.15, 0.2) is 0 Å². The Balaban J connectivity index is 2.40. The first kappa shape index (κ1) is 8.02. The summed E-state index contributed by atoms with van der Waals surface area (Å²) < 4.78 is 0. The van der Waals surface area contributed by atoms with Crippen LogP contribution in [-0.4, -0.2) is 28.8 Å². The number of hydrogen-bond acceptors (Lipinski definition) is 2. The Morgan fingerprint density at radius 3 is 2.50 bits per heavy atom. The number of rotatable bonds is 1. The van der Waals surface area contributed by atoms with Gasteiger partial charge in [-0.15, -0.1) is 0 Å². The van der Waals surface area contributed by atoms with Crippen molar-refractivity contribution in [3.63, 3.8) is 0 Å². The predicted octanol–water partition coefficient (Wildman–Crippen LogP) is 1.20. The van der Waals surface area contributed by atoms with Crippen LogP contribution in [0, 0.1) is 0 Å². The highest BCUT2D eigenvalue weighted by atomic mass is 16.3. The van der Waals surface area contributed by atoms with Crippen LogP contribution >= 0.6 is 0 Å². The molecule has 1 N–H and O–H groups in total. The molecule has 1 aliphatic heterocycles.